The Kier molecular flexibility index (Phi) is 6.54. The zero-order valence-corrected chi connectivity index (χ0v) is 17.9. The van der Waals surface area contributed by atoms with Crippen molar-refractivity contribution in [1.29, 1.82) is 0 Å². The summed E-state index contributed by atoms with van der Waals surface area (Å²) < 4.78 is 22.3. The molecule has 33 heavy (non-hydrogen) atoms. The van der Waals surface area contributed by atoms with Crippen LogP contribution < -0.4 is 0 Å². The highest BCUT2D eigenvalue weighted by Crippen LogP contribution is 2.39. The Balaban J connectivity index is 1.62. The second-order valence-corrected chi connectivity index (χ2v) is 8.71. The highest BCUT2D eigenvalue weighted by atomic mass is 31.2. The molecule has 1 saturated heterocycles. The molecule has 0 unspecified atom stereocenters. The minimum absolute atomic E-state index is 0.0105. The number of carboxylic acids is 1. The first-order valence-electron chi connectivity index (χ1n) is 9.84. The van der Waals surface area contributed by atoms with E-state index in [1.807, 2.05) is 12.1 Å². The molecule has 0 bridgehead atoms. The summed E-state index contributed by atoms with van der Waals surface area (Å²) in [4.78, 5) is 41.4. The van der Waals surface area contributed by atoms with E-state index in [2.05, 4.69) is 19.5 Å². The van der Waals surface area contributed by atoms with Crippen LogP contribution in [0.1, 0.15) is 18.2 Å². The van der Waals surface area contributed by atoms with Crippen molar-refractivity contribution in [2.45, 2.75) is 37.4 Å². The molecule has 0 spiro atoms. The quantitative estimate of drug-likeness (QED) is 0.276. The largest absolute Gasteiger partial charge is 0.481 e. The topological polar surface area (TPSA) is 197 Å². The van der Waals surface area contributed by atoms with Crippen LogP contribution in [0.4, 0.5) is 0 Å². The molecule has 3 aromatic rings. The Morgan fingerprint density at radius 2 is 1.97 bits per heavy atom. The van der Waals surface area contributed by atoms with Crippen LogP contribution in [0.15, 0.2) is 36.9 Å². The first-order chi connectivity index (χ1) is 15.6. The van der Waals surface area contributed by atoms with Gasteiger partial charge in [0.15, 0.2) is 11.9 Å². The molecule has 1 aliphatic rings. The maximum atomic E-state index is 10.9. The van der Waals surface area contributed by atoms with Crippen molar-refractivity contribution in [3.63, 3.8) is 0 Å². The first-order valence-corrected chi connectivity index (χ1v) is 11.4. The lowest BCUT2D eigenvalue weighted by Crippen LogP contribution is -2.33. The fourth-order valence-corrected chi connectivity index (χ4v) is 3.98. The van der Waals surface area contributed by atoms with Gasteiger partial charge in [0.2, 0.25) is 0 Å². The van der Waals surface area contributed by atoms with Crippen LogP contribution >= 0.6 is 7.82 Å². The number of aryl methyl sites for hydroxylation is 1. The van der Waals surface area contributed by atoms with Crippen LogP contribution in [0.2, 0.25) is 0 Å². The van der Waals surface area contributed by atoms with E-state index in [1.54, 1.807) is 12.1 Å². The molecule has 13 nitrogen and oxygen atoms in total. The number of ether oxygens (including phenoxy) is 1. The fraction of sp³-hybridized carbons (Fsp3) is 0.368. The van der Waals surface area contributed by atoms with Crippen molar-refractivity contribution in [3.05, 3.63) is 42.5 Å². The zero-order chi connectivity index (χ0) is 23.8. The van der Waals surface area contributed by atoms with Crippen LogP contribution in [0.25, 0.3) is 22.4 Å². The van der Waals surface area contributed by atoms with Gasteiger partial charge in [-0.1, -0.05) is 18.2 Å². The number of hydrogen-bond donors (Lipinski definition) is 5. The summed E-state index contributed by atoms with van der Waals surface area (Å²) in [5.74, 6) is -0.898. The number of hydrogen-bond acceptors (Lipinski definition) is 9. The number of phosphoric ester groups is 1. The number of imidazole rings is 1. The summed E-state index contributed by atoms with van der Waals surface area (Å²) >= 11 is 0. The van der Waals surface area contributed by atoms with E-state index in [0.29, 0.717) is 28.8 Å². The molecule has 176 valence electrons. The lowest BCUT2D eigenvalue weighted by molar-refractivity contribution is -0.136. The normalized spacial score (nSPS) is 23.3. The van der Waals surface area contributed by atoms with Crippen molar-refractivity contribution in [2.24, 2.45) is 0 Å². The van der Waals surface area contributed by atoms with Gasteiger partial charge in [-0.3, -0.25) is 13.9 Å². The molecule has 5 N–H and O–H groups in total. The average Bonchev–Trinajstić information content (AvgIpc) is 3.31. The predicted molar refractivity (Wildman–Crippen MR) is 111 cm³/mol. The molecule has 0 saturated carbocycles. The second kappa shape index (κ2) is 9.23. The summed E-state index contributed by atoms with van der Waals surface area (Å²) in [6, 6.07) is 7.20. The van der Waals surface area contributed by atoms with Gasteiger partial charge in [0.1, 0.15) is 35.8 Å². The number of aromatic nitrogens is 4. The Hall–Kier alpha value is -2.77. The minimum Gasteiger partial charge on any atom is -0.481 e. The van der Waals surface area contributed by atoms with Gasteiger partial charge >= 0.3 is 13.8 Å². The van der Waals surface area contributed by atoms with Gasteiger partial charge in [0.25, 0.3) is 0 Å². The van der Waals surface area contributed by atoms with E-state index in [1.165, 1.54) is 17.2 Å². The van der Waals surface area contributed by atoms with E-state index in [4.69, 9.17) is 19.6 Å². The molecule has 14 heteroatoms. The summed E-state index contributed by atoms with van der Waals surface area (Å²) in [5.41, 5.74) is 2.66. The highest BCUT2D eigenvalue weighted by molar-refractivity contribution is 7.46. The van der Waals surface area contributed by atoms with E-state index < -0.39 is 44.9 Å². The monoisotopic (exact) mass is 480 g/mol. The smallest absolute Gasteiger partial charge is 0.469 e. The van der Waals surface area contributed by atoms with Gasteiger partial charge in [-0.2, -0.15) is 0 Å². The average molecular weight is 480 g/mol. The fourth-order valence-electron chi connectivity index (χ4n) is 3.64. The molecule has 0 radical (unpaired) electrons. The third-order valence-electron chi connectivity index (χ3n) is 5.21. The second-order valence-electron chi connectivity index (χ2n) is 7.47. The van der Waals surface area contributed by atoms with Gasteiger partial charge in [-0.15, -0.1) is 0 Å². The highest BCUT2D eigenvalue weighted by Gasteiger charge is 2.45. The van der Waals surface area contributed by atoms with Crippen LogP contribution in [-0.2, 0) is 25.0 Å². The van der Waals surface area contributed by atoms with Crippen molar-refractivity contribution in [2.75, 3.05) is 6.61 Å². The molecule has 1 aromatic carbocycles. The summed E-state index contributed by atoms with van der Waals surface area (Å²) in [7, 11) is -4.78. The SMILES string of the molecule is O=C(O)CCc1cccc(-c2ncnc3c2ncn3[C@@H]2O[C@H](COP(=O)(O)O)[C@@H](O)[C@H]2O)c1. The van der Waals surface area contributed by atoms with Crippen LogP contribution in [0, 0.1) is 0 Å². The lowest BCUT2D eigenvalue weighted by Gasteiger charge is -2.16. The Labute approximate surface area is 186 Å². The number of aliphatic hydroxyl groups is 2. The number of aliphatic hydroxyl groups excluding tert-OH is 2. The predicted octanol–water partition coefficient (Wildman–Crippen LogP) is 0.239. The summed E-state index contributed by atoms with van der Waals surface area (Å²) in [6.07, 6.45) is -2.25. The van der Waals surface area contributed by atoms with Gasteiger partial charge < -0.3 is 29.8 Å². The number of nitrogens with zero attached hydrogens (tertiary/aromatic N) is 4. The molecule has 1 aliphatic heterocycles. The number of aliphatic carboxylic acids is 1. The van der Waals surface area contributed by atoms with Crippen molar-refractivity contribution in [1.82, 2.24) is 19.5 Å². The van der Waals surface area contributed by atoms with Gasteiger partial charge in [0.05, 0.1) is 12.9 Å². The van der Waals surface area contributed by atoms with E-state index >= 15 is 0 Å². The Morgan fingerprint density at radius 3 is 2.70 bits per heavy atom. The third kappa shape index (κ3) is 5.09. The third-order valence-corrected chi connectivity index (χ3v) is 5.69. The minimum atomic E-state index is -4.78. The van der Waals surface area contributed by atoms with Crippen LogP contribution in [-0.4, -0.2) is 75.5 Å². The molecule has 2 aromatic heterocycles. The molecule has 4 atom stereocenters. The van der Waals surface area contributed by atoms with Crippen LogP contribution in [0.5, 0.6) is 0 Å². The zero-order valence-electron chi connectivity index (χ0n) is 17.0. The summed E-state index contributed by atoms with van der Waals surface area (Å²) in [6.45, 7) is -0.630. The van der Waals surface area contributed by atoms with Gasteiger partial charge in [-0.05, 0) is 18.1 Å². The number of carboxylic acid groups (broad SMARTS) is 1. The van der Waals surface area contributed by atoms with Gasteiger partial charge in [-0.25, -0.2) is 19.5 Å². The molecular weight excluding hydrogens is 459 g/mol. The summed E-state index contributed by atoms with van der Waals surface area (Å²) in [5, 5.41) is 29.6. The van der Waals surface area contributed by atoms with Crippen molar-refractivity contribution < 1.29 is 43.7 Å². The maximum absolute atomic E-state index is 10.9. The van der Waals surface area contributed by atoms with Gasteiger partial charge in [0, 0.05) is 12.0 Å². The van der Waals surface area contributed by atoms with Crippen LogP contribution in [0.3, 0.4) is 0 Å². The number of rotatable bonds is 8. The van der Waals surface area contributed by atoms with E-state index in [-0.39, 0.29) is 6.42 Å². The van der Waals surface area contributed by atoms with Crippen molar-refractivity contribution in [3.8, 4) is 11.3 Å². The molecule has 3 heterocycles. The van der Waals surface area contributed by atoms with Crippen molar-refractivity contribution >= 4 is 25.0 Å². The molecular formula is C19H21N4O9P. The first kappa shape index (κ1) is 23.4. The number of phosphoric acid groups is 1. The Bertz CT molecular complexity index is 1210. The maximum Gasteiger partial charge on any atom is 0.469 e. The molecule has 1 fully saturated rings. The molecule has 0 aliphatic carbocycles. The lowest BCUT2D eigenvalue weighted by atomic mass is 10.0. The molecule has 4 rings (SSSR count). The number of benzene rings is 1. The standard InChI is InChI=1S/C19H21N4O9P/c24-13(25)5-4-10-2-1-3-11(6-10)14-15-18(21-8-20-14)23(9-22-15)19-17(27)16(26)12(32-19)7-31-33(28,29)30/h1-3,6,8-9,12,16-17,19,26-27H,4-5,7H2,(H,24,25)(H2,28,29,30)/t12-,16-,17-,19-/m1/s1. The number of fused-ring (bicyclic) bond motifs is 1. The Morgan fingerprint density at radius 1 is 1.18 bits per heavy atom. The molecule has 0 amide bonds. The van der Waals surface area contributed by atoms with E-state index in [0.717, 1.165) is 5.56 Å². The number of carbonyl (C=O) groups is 1. The van der Waals surface area contributed by atoms with E-state index in [9.17, 15) is 19.6 Å².